The highest BCUT2D eigenvalue weighted by molar-refractivity contribution is 6.06. The number of carbonyl (C=O) groups excluding carboxylic acids is 2. The zero-order valence-corrected chi connectivity index (χ0v) is 15.7. The van der Waals surface area contributed by atoms with Gasteiger partial charge in [0.2, 0.25) is 6.79 Å². The molecule has 3 aromatic rings. The summed E-state index contributed by atoms with van der Waals surface area (Å²) in [6.07, 6.45) is 2.85. The van der Waals surface area contributed by atoms with E-state index >= 15 is 0 Å². The van der Waals surface area contributed by atoms with Gasteiger partial charge in [0, 0.05) is 24.1 Å². The van der Waals surface area contributed by atoms with E-state index in [1.165, 1.54) is 18.5 Å². The molecule has 146 valence electrons. The lowest BCUT2D eigenvalue weighted by molar-refractivity contribution is 0.0939. The normalized spacial score (nSPS) is 12.9. The Morgan fingerprint density at radius 3 is 2.45 bits per heavy atom. The van der Waals surface area contributed by atoms with Crippen molar-refractivity contribution in [1.82, 2.24) is 10.3 Å². The summed E-state index contributed by atoms with van der Waals surface area (Å²) in [5.41, 5.74) is 2.14. The number of pyridine rings is 1. The van der Waals surface area contributed by atoms with Crippen LogP contribution in [0.4, 0.5) is 5.69 Å². The monoisotopic (exact) mass is 389 g/mol. The Bertz CT molecular complexity index is 1050. The van der Waals surface area contributed by atoms with E-state index < -0.39 is 0 Å². The molecule has 1 aromatic heterocycles. The number of hydrogen-bond acceptors (Lipinski definition) is 5. The highest BCUT2D eigenvalue weighted by Crippen LogP contribution is 2.34. The standard InChI is InChI=1S/C22H19N3O4/c1-14(15-5-3-2-4-6-15)24-21(26)16-9-17(12-23-11-16)22(27)25-18-7-8-19-20(10-18)29-13-28-19/h2-12,14H,13H2,1H3,(H,24,26)(H,25,27). The molecule has 1 aliphatic heterocycles. The van der Waals surface area contributed by atoms with Crippen molar-refractivity contribution in [1.29, 1.82) is 0 Å². The number of ether oxygens (including phenoxy) is 2. The van der Waals surface area contributed by atoms with Crippen LogP contribution in [-0.2, 0) is 0 Å². The van der Waals surface area contributed by atoms with Crippen molar-refractivity contribution < 1.29 is 19.1 Å². The zero-order valence-electron chi connectivity index (χ0n) is 15.7. The summed E-state index contributed by atoms with van der Waals surface area (Å²) in [6.45, 7) is 2.06. The molecule has 0 saturated heterocycles. The van der Waals surface area contributed by atoms with Crippen molar-refractivity contribution in [3.05, 3.63) is 83.7 Å². The van der Waals surface area contributed by atoms with Crippen molar-refractivity contribution >= 4 is 17.5 Å². The smallest absolute Gasteiger partial charge is 0.257 e. The summed E-state index contributed by atoms with van der Waals surface area (Å²) >= 11 is 0. The quantitative estimate of drug-likeness (QED) is 0.697. The number of anilines is 1. The second-order valence-corrected chi connectivity index (χ2v) is 6.59. The van der Waals surface area contributed by atoms with Crippen LogP contribution in [-0.4, -0.2) is 23.6 Å². The van der Waals surface area contributed by atoms with Gasteiger partial charge < -0.3 is 20.1 Å². The molecule has 1 atom stereocenters. The Balaban J connectivity index is 1.45. The van der Waals surface area contributed by atoms with Crippen molar-refractivity contribution in [2.45, 2.75) is 13.0 Å². The fourth-order valence-corrected chi connectivity index (χ4v) is 2.97. The van der Waals surface area contributed by atoms with E-state index in [4.69, 9.17) is 9.47 Å². The maximum Gasteiger partial charge on any atom is 0.257 e. The Labute approximate surface area is 167 Å². The molecule has 0 aliphatic carbocycles. The lowest BCUT2D eigenvalue weighted by Crippen LogP contribution is -2.27. The number of fused-ring (bicyclic) bond motifs is 1. The number of aromatic nitrogens is 1. The third-order valence-electron chi connectivity index (χ3n) is 4.54. The summed E-state index contributed by atoms with van der Waals surface area (Å²) in [5, 5.41) is 5.69. The first-order valence-electron chi connectivity index (χ1n) is 9.12. The Hall–Kier alpha value is -3.87. The molecule has 1 unspecified atom stereocenters. The molecular weight excluding hydrogens is 370 g/mol. The van der Waals surface area contributed by atoms with Gasteiger partial charge in [0.15, 0.2) is 11.5 Å². The van der Waals surface area contributed by atoms with Crippen molar-refractivity contribution in [3.63, 3.8) is 0 Å². The van der Waals surface area contributed by atoms with Gasteiger partial charge in [0.1, 0.15) is 0 Å². The molecule has 29 heavy (non-hydrogen) atoms. The molecule has 2 aromatic carbocycles. The van der Waals surface area contributed by atoms with Crippen LogP contribution in [0.5, 0.6) is 11.5 Å². The summed E-state index contributed by atoms with van der Waals surface area (Å²) < 4.78 is 10.6. The van der Waals surface area contributed by atoms with Crippen molar-refractivity contribution in [2.75, 3.05) is 12.1 Å². The highest BCUT2D eigenvalue weighted by atomic mass is 16.7. The Morgan fingerprint density at radius 2 is 1.66 bits per heavy atom. The van der Waals surface area contributed by atoms with Gasteiger partial charge in [-0.15, -0.1) is 0 Å². The van der Waals surface area contributed by atoms with Gasteiger partial charge in [-0.05, 0) is 30.7 Å². The maximum absolute atomic E-state index is 12.6. The summed E-state index contributed by atoms with van der Waals surface area (Å²) in [4.78, 5) is 29.2. The van der Waals surface area contributed by atoms with E-state index in [0.717, 1.165) is 5.56 Å². The first-order valence-corrected chi connectivity index (χ1v) is 9.12. The predicted molar refractivity (Wildman–Crippen MR) is 107 cm³/mol. The van der Waals surface area contributed by atoms with Gasteiger partial charge in [-0.3, -0.25) is 14.6 Å². The first kappa shape index (κ1) is 18.5. The SMILES string of the molecule is CC(NC(=O)c1cncc(C(=O)Nc2ccc3c(c2)OCO3)c1)c1ccccc1. The lowest BCUT2D eigenvalue weighted by atomic mass is 10.1. The van der Waals surface area contributed by atoms with Crippen LogP contribution in [0.25, 0.3) is 0 Å². The number of carbonyl (C=O) groups is 2. The van der Waals surface area contributed by atoms with Crippen molar-refractivity contribution in [2.24, 2.45) is 0 Å². The Kier molecular flexibility index (Phi) is 5.11. The van der Waals surface area contributed by atoms with Crippen LogP contribution in [0.15, 0.2) is 67.0 Å². The maximum atomic E-state index is 12.6. The molecule has 0 bridgehead atoms. The second kappa shape index (κ2) is 8.02. The van der Waals surface area contributed by atoms with E-state index in [1.807, 2.05) is 37.3 Å². The average Bonchev–Trinajstić information content (AvgIpc) is 3.22. The van der Waals surface area contributed by atoms with Gasteiger partial charge in [-0.1, -0.05) is 30.3 Å². The van der Waals surface area contributed by atoms with Gasteiger partial charge >= 0.3 is 0 Å². The molecule has 7 nitrogen and oxygen atoms in total. The summed E-state index contributed by atoms with van der Waals surface area (Å²) in [7, 11) is 0. The van der Waals surface area contributed by atoms with Gasteiger partial charge in [0.25, 0.3) is 11.8 Å². The van der Waals surface area contributed by atoms with Crippen LogP contribution in [0.2, 0.25) is 0 Å². The van der Waals surface area contributed by atoms with E-state index in [9.17, 15) is 9.59 Å². The molecule has 7 heteroatoms. The van der Waals surface area contributed by atoms with Crippen LogP contribution >= 0.6 is 0 Å². The molecule has 2 heterocycles. The minimum Gasteiger partial charge on any atom is -0.454 e. The van der Waals surface area contributed by atoms with E-state index in [1.54, 1.807) is 18.2 Å². The van der Waals surface area contributed by atoms with Crippen LogP contribution in [0.3, 0.4) is 0 Å². The van der Waals surface area contributed by atoms with Crippen LogP contribution in [0.1, 0.15) is 39.2 Å². The van der Waals surface area contributed by atoms with Gasteiger partial charge in [-0.2, -0.15) is 0 Å². The van der Waals surface area contributed by atoms with Gasteiger partial charge in [0.05, 0.1) is 17.2 Å². The number of hydrogen-bond donors (Lipinski definition) is 2. The molecule has 0 radical (unpaired) electrons. The molecule has 4 rings (SSSR count). The van der Waals surface area contributed by atoms with Crippen LogP contribution < -0.4 is 20.1 Å². The molecule has 2 N–H and O–H groups in total. The number of nitrogens with one attached hydrogen (secondary N) is 2. The molecule has 1 aliphatic rings. The molecular formula is C22H19N3O4. The number of amides is 2. The molecule has 0 spiro atoms. The lowest BCUT2D eigenvalue weighted by Gasteiger charge is -2.14. The second-order valence-electron chi connectivity index (χ2n) is 6.59. The van der Waals surface area contributed by atoms with Gasteiger partial charge in [-0.25, -0.2) is 0 Å². The van der Waals surface area contributed by atoms with E-state index in [0.29, 0.717) is 22.7 Å². The van der Waals surface area contributed by atoms with Crippen LogP contribution in [0, 0.1) is 0 Å². The van der Waals surface area contributed by atoms with E-state index in [-0.39, 0.29) is 30.2 Å². The van der Waals surface area contributed by atoms with Crippen molar-refractivity contribution in [3.8, 4) is 11.5 Å². The molecule has 2 amide bonds. The number of rotatable bonds is 5. The zero-order chi connectivity index (χ0) is 20.2. The highest BCUT2D eigenvalue weighted by Gasteiger charge is 2.17. The fourth-order valence-electron chi connectivity index (χ4n) is 2.97. The summed E-state index contributed by atoms with van der Waals surface area (Å²) in [5.74, 6) is 0.536. The largest absolute Gasteiger partial charge is 0.454 e. The average molecular weight is 389 g/mol. The fraction of sp³-hybridized carbons (Fsp3) is 0.136. The molecule has 0 saturated carbocycles. The topological polar surface area (TPSA) is 89.6 Å². The summed E-state index contributed by atoms with van der Waals surface area (Å²) in [6, 6.07) is 16.1. The predicted octanol–water partition coefficient (Wildman–Crippen LogP) is 3.55. The van der Waals surface area contributed by atoms with E-state index in [2.05, 4.69) is 15.6 Å². The molecule has 0 fully saturated rings. The minimum absolute atomic E-state index is 0.162. The Morgan fingerprint density at radius 1 is 0.931 bits per heavy atom. The number of nitrogens with zero attached hydrogens (tertiary/aromatic N) is 1. The first-order chi connectivity index (χ1) is 14.1. The minimum atomic E-state index is -0.373. The third kappa shape index (κ3) is 4.19. The number of benzene rings is 2. The third-order valence-corrected chi connectivity index (χ3v) is 4.54.